The summed E-state index contributed by atoms with van der Waals surface area (Å²) in [7, 11) is 0. The van der Waals surface area contributed by atoms with Crippen molar-refractivity contribution in [2.45, 2.75) is 25.2 Å². The lowest BCUT2D eigenvalue weighted by molar-refractivity contribution is -0.274. The van der Waals surface area contributed by atoms with Crippen LogP contribution in [0, 0.1) is 0 Å². The molecular formula is C13H11F3N2O2S. The van der Waals surface area contributed by atoms with E-state index in [-0.39, 0.29) is 17.7 Å². The van der Waals surface area contributed by atoms with E-state index in [0.29, 0.717) is 23.8 Å². The van der Waals surface area contributed by atoms with E-state index >= 15 is 0 Å². The van der Waals surface area contributed by atoms with Crippen molar-refractivity contribution < 1.29 is 22.7 Å². The maximum atomic E-state index is 12.3. The highest BCUT2D eigenvalue weighted by atomic mass is 32.1. The molecule has 0 N–H and O–H groups in total. The minimum atomic E-state index is -4.77. The average Bonchev–Trinajstić information content (AvgIpc) is 2.93. The van der Waals surface area contributed by atoms with Crippen LogP contribution in [0.25, 0.3) is 0 Å². The summed E-state index contributed by atoms with van der Waals surface area (Å²) in [5.41, 5.74) is 0.293. The lowest BCUT2D eigenvalue weighted by Gasteiger charge is -2.19. The number of thiocarbonyl (C=S) groups is 1. The van der Waals surface area contributed by atoms with Crippen molar-refractivity contribution in [1.82, 2.24) is 4.90 Å². The van der Waals surface area contributed by atoms with E-state index in [1.54, 1.807) is 0 Å². The van der Waals surface area contributed by atoms with E-state index in [9.17, 15) is 18.0 Å². The van der Waals surface area contributed by atoms with Crippen LogP contribution < -0.4 is 9.64 Å². The summed E-state index contributed by atoms with van der Waals surface area (Å²) in [4.78, 5) is 15.4. The van der Waals surface area contributed by atoms with Crippen LogP contribution in [0.1, 0.15) is 12.8 Å². The summed E-state index contributed by atoms with van der Waals surface area (Å²) in [6, 6.07) is 5.00. The van der Waals surface area contributed by atoms with Crippen molar-refractivity contribution in [3.63, 3.8) is 0 Å². The number of carbonyl (C=O) groups is 1. The van der Waals surface area contributed by atoms with Crippen LogP contribution in [-0.2, 0) is 4.79 Å². The minimum absolute atomic E-state index is 0.193. The smallest absolute Gasteiger partial charge is 0.406 e. The van der Waals surface area contributed by atoms with E-state index in [0.717, 1.165) is 6.42 Å². The summed E-state index contributed by atoms with van der Waals surface area (Å²) >= 11 is 5.26. The first kappa shape index (κ1) is 14.1. The highest BCUT2D eigenvalue weighted by molar-refractivity contribution is 7.80. The lowest BCUT2D eigenvalue weighted by atomic mass is 10.2. The van der Waals surface area contributed by atoms with Crippen molar-refractivity contribution in [3.8, 4) is 5.75 Å². The molecule has 0 bridgehead atoms. The molecule has 1 aromatic carbocycles. The third-order valence-corrected chi connectivity index (χ3v) is 3.92. The van der Waals surface area contributed by atoms with Gasteiger partial charge in [-0.25, -0.2) is 0 Å². The van der Waals surface area contributed by atoms with Crippen LogP contribution in [-0.4, -0.2) is 34.9 Å². The molecule has 2 aliphatic rings. The number of hydrogen-bond donors (Lipinski definition) is 0. The molecule has 1 aromatic rings. The molecule has 3 rings (SSSR count). The molecule has 2 aliphatic heterocycles. The highest BCUT2D eigenvalue weighted by Crippen LogP contribution is 2.33. The first-order valence-corrected chi connectivity index (χ1v) is 6.78. The number of amides is 1. The van der Waals surface area contributed by atoms with Crippen LogP contribution in [0.3, 0.4) is 0 Å². The fourth-order valence-electron chi connectivity index (χ4n) is 2.68. The van der Waals surface area contributed by atoms with Gasteiger partial charge in [-0.3, -0.25) is 9.69 Å². The molecule has 1 atom stereocenters. The SMILES string of the molecule is O=C1[C@@H]2CCCN2C(=S)N1c1cccc(OC(F)(F)F)c1. The highest BCUT2D eigenvalue weighted by Gasteiger charge is 2.45. The molecule has 2 heterocycles. The van der Waals surface area contributed by atoms with Gasteiger partial charge in [0.25, 0.3) is 5.91 Å². The fraction of sp³-hybridized carbons (Fsp3) is 0.385. The van der Waals surface area contributed by atoms with Gasteiger partial charge in [-0.2, -0.15) is 0 Å². The largest absolute Gasteiger partial charge is 0.573 e. The Morgan fingerprint density at radius 3 is 2.76 bits per heavy atom. The summed E-state index contributed by atoms with van der Waals surface area (Å²) in [5.74, 6) is -0.565. The Labute approximate surface area is 124 Å². The van der Waals surface area contributed by atoms with Gasteiger partial charge in [0.1, 0.15) is 11.8 Å². The predicted molar refractivity (Wildman–Crippen MR) is 72.9 cm³/mol. The molecule has 8 heteroatoms. The standard InChI is InChI=1S/C13H11F3N2O2S/c14-13(15,16)20-9-4-1-3-8(7-9)18-11(19)10-5-2-6-17(10)12(18)21/h1,3-4,7,10H,2,5-6H2/t10-/m0/s1. The fourth-order valence-corrected chi connectivity index (χ4v) is 3.10. The van der Waals surface area contributed by atoms with E-state index in [1.165, 1.54) is 29.2 Å². The number of halogens is 3. The summed E-state index contributed by atoms with van der Waals surface area (Å²) in [6.07, 6.45) is -3.16. The van der Waals surface area contributed by atoms with Gasteiger partial charge in [0.15, 0.2) is 5.11 Å². The van der Waals surface area contributed by atoms with Gasteiger partial charge in [0, 0.05) is 12.6 Å². The average molecular weight is 316 g/mol. The van der Waals surface area contributed by atoms with Gasteiger partial charge in [-0.1, -0.05) is 6.07 Å². The predicted octanol–water partition coefficient (Wildman–Crippen LogP) is 2.68. The Morgan fingerprint density at radius 2 is 2.10 bits per heavy atom. The Balaban J connectivity index is 1.89. The van der Waals surface area contributed by atoms with Crippen molar-refractivity contribution in [2.75, 3.05) is 11.4 Å². The van der Waals surface area contributed by atoms with Crippen LogP contribution in [0.5, 0.6) is 5.75 Å². The zero-order valence-electron chi connectivity index (χ0n) is 10.8. The first-order chi connectivity index (χ1) is 9.87. The maximum Gasteiger partial charge on any atom is 0.573 e. The first-order valence-electron chi connectivity index (χ1n) is 6.37. The molecule has 0 radical (unpaired) electrons. The lowest BCUT2D eigenvalue weighted by Crippen LogP contribution is -2.32. The number of benzene rings is 1. The molecule has 0 aromatic heterocycles. The van der Waals surface area contributed by atoms with Crippen LogP contribution in [0.2, 0.25) is 0 Å². The molecule has 0 unspecified atom stereocenters. The van der Waals surface area contributed by atoms with Gasteiger partial charge in [0.2, 0.25) is 0 Å². The van der Waals surface area contributed by atoms with E-state index < -0.39 is 6.36 Å². The number of fused-ring (bicyclic) bond motifs is 1. The molecule has 2 saturated heterocycles. The number of anilines is 1. The van der Waals surface area contributed by atoms with Gasteiger partial charge in [-0.15, -0.1) is 13.2 Å². The van der Waals surface area contributed by atoms with Gasteiger partial charge in [0.05, 0.1) is 5.69 Å². The van der Waals surface area contributed by atoms with Gasteiger partial charge < -0.3 is 9.64 Å². The number of nitrogens with zero attached hydrogens (tertiary/aromatic N) is 2. The second-order valence-electron chi connectivity index (χ2n) is 4.85. The van der Waals surface area contributed by atoms with Crippen LogP contribution >= 0.6 is 12.2 Å². The molecule has 4 nitrogen and oxygen atoms in total. The second kappa shape index (κ2) is 4.87. The van der Waals surface area contributed by atoms with E-state index in [2.05, 4.69) is 4.74 Å². The Hall–Kier alpha value is -1.83. The Morgan fingerprint density at radius 1 is 1.33 bits per heavy atom. The van der Waals surface area contributed by atoms with Crippen LogP contribution in [0.15, 0.2) is 24.3 Å². The van der Waals surface area contributed by atoms with Crippen LogP contribution in [0.4, 0.5) is 18.9 Å². The van der Waals surface area contributed by atoms with E-state index in [1.807, 2.05) is 4.90 Å². The Bertz CT molecular complexity index is 583. The van der Waals surface area contributed by atoms with Crippen molar-refractivity contribution >= 4 is 28.9 Å². The topological polar surface area (TPSA) is 32.8 Å². The van der Waals surface area contributed by atoms with Gasteiger partial charge >= 0.3 is 6.36 Å². The van der Waals surface area contributed by atoms with Crippen molar-refractivity contribution in [1.29, 1.82) is 0 Å². The molecule has 0 saturated carbocycles. The quantitative estimate of drug-likeness (QED) is 0.786. The number of ether oxygens (including phenoxy) is 1. The normalized spacial score (nSPS) is 22.0. The number of hydrogen-bond acceptors (Lipinski definition) is 3. The van der Waals surface area contributed by atoms with E-state index in [4.69, 9.17) is 12.2 Å². The zero-order chi connectivity index (χ0) is 15.2. The second-order valence-corrected chi connectivity index (χ2v) is 5.22. The monoisotopic (exact) mass is 316 g/mol. The summed E-state index contributed by atoms with van der Waals surface area (Å²) < 4.78 is 40.6. The minimum Gasteiger partial charge on any atom is -0.406 e. The third kappa shape index (κ3) is 2.55. The number of carbonyl (C=O) groups excluding carboxylic acids is 1. The molecule has 112 valence electrons. The number of alkyl halides is 3. The van der Waals surface area contributed by atoms with Crippen molar-refractivity contribution in [3.05, 3.63) is 24.3 Å². The molecule has 0 aliphatic carbocycles. The maximum absolute atomic E-state index is 12.3. The molecule has 21 heavy (non-hydrogen) atoms. The Kier molecular flexibility index (Phi) is 3.27. The molecule has 0 spiro atoms. The molecule has 1 amide bonds. The third-order valence-electron chi connectivity index (χ3n) is 3.50. The molecule has 2 fully saturated rings. The molecular weight excluding hydrogens is 305 g/mol. The van der Waals surface area contributed by atoms with Crippen molar-refractivity contribution in [2.24, 2.45) is 0 Å². The summed E-state index contributed by atoms with van der Waals surface area (Å²) in [5, 5.41) is 0.339. The zero-order valence-corrected chi connectivity index (χ0v) is 11.6. The number of rotatable bonds is 2. The van der Waals surface area contributed by atoms with Gasteiger partial charge in [-0.05, 0) is 37.2 Å². The summed E-state index contributed by atoms with van der Waals surface area (Å²) in [6.45, 7) is 0.699.